The Morgan fingerprint density at radius 3 is 2.62 bits per heavy atom. The van der Waals surface area contributed by atoms with E-state index in [4.69, 9.17) is 5.73 Å². The standard InChI is InChI=1S/C11H16FNO2S/c1-3-4-8(2)16(14,15)11-7-9(12)5-6-10(11)13/h5-8H,3-4,13H2,1-2H3. The fourth-order valence-electron chi connectivity index (χ4n) is 1.53. The summed E-state index contributed by atoms with van der Waals surface area (Å²) in [5, 5.41) is -0.540. The molecule has 2 N–H and O–H groups in total. The largest absolute Gasteiger partial charge is 0.398 e. The Morgan fingerprint density at radius 1 is 1.44 bits per heavy atom. The van der Waals surface area contributed by atoms with Crippen LogP contribution in [0.25, 0.3) is 0 Å². The number of sulfone groups is 1. The molecule has 90 valence electrons. The maximum Gasteiger partial charge on any atom is 0.183 e. The van der Waals surface area contributed by atoms with Gasteiger partial charge in [0.15, 0.2) is 9.84 Å². The van der Waals surface area contributed by atoms with Gasteiger partial charge in [0.2, 0.25) is 0 Å². The second-order valence-corrected chi connectivity index (χ2v) is 6.16. The second-order valence-electron chi connectivity index (χ2n) is 3.83. The Bertz CT molecular complexity index is 471. The summed E-state index contributed by atoms with van der Waals surface area (Å²) in [6.45, 7) is 3.52. The summed E-state index contributed by atoms with van der Waals surface area (Å²) in [4.78, 5) is -0.103. The van der Waals surface area contributed by atoms with E-state index < -0.39 is 20.9 Å². The van der Waals surface area contributed by atoms with Crippen LogP contribution in [0, 0.1) is 5.82 Å². The van der Waals surface area contributed by atoms with Crippen LogP contribution in [0.2, 0.25) is 0 Å². The normalized spacial score (nSPS) is 13.7. The minimum Gasteiger partial charge on any atom is -0.398 e. The average Bonchev–Trinajstić information content (AvgIpc) is 2.22. The zero-order chi connectivity index (χ0) is 12.3. The lowest BCUT2D eigenvalue weighted by atomic mass is 10.3. The molecule has 0 heterocycles. The topological polar surface area (TPSA) is 60.2 Å². The van der Waals surface area contributed by atoms with Crippen LogP contribution >= 0.6 is 0 Å². The predicted octanol–water partition coefficient (Wildman–Crippen LogP) is 2.37. The SMILES string of the molecule is CCCC(C)S(=O)(=O)c1cc(F)ccc1N. The fourth-order valence-corrected chi connectivity index (χ4v) is 3.19. The third-order valence-corrected chi connectivity index (χ3v) is 4.77. The molecule has 0 radical (unpaired) electrons. The molecule has 5 heteroatoms. The summed E-state index contributed by atoms with van der Waals surface area (Å²) in [5.74, 6) is -0.587. The molecule has 0 aliphatic carbocycles. The number of halogens is 1. The van der Waals surface area contributed by atoms with Crippen LogP contribution in [-0.2, 0) is 9.84 Å². The van der Waals surface area contributed by atoms with E-state index in [2.05, 4.69) is 0 Å². The van der Waals surface area contributed by atoms with Crippen molar-refractivity contribution in [2.75, 3.05) is 5.73 Å². The molecule has 16 heavy (non-hydrogen) atoms. The van der Waals surface area contributed by atoms with Crippen LogP contribution in [0.1, 0.15) is 26.7 Å². The highest BCUT2D eigenvalue weighted by molar-refractivity contribution is 7.92. The van der Waals surface area contributed by atoms with Crippen LogP contribution < -0.4 is 5.73 Å². The summed E-state index contributed by atoms with van der Waals surface area (Å²) >= 11 is 0. The van der Waals surface area contributed by atoms with Gasteiger partial charge in [0.1, 0.15) is 5.82 Å². The minimum absolute atomic E-state index is 0.101. The Balaban J connectivity index is 3.21. The van der Waals surface area contributed by atoms with Gasteiger partial charge in [-0.3, -0.25) is 0 Å². The molecule has 1 aromatic rings. The van der Waals surface area contributed by atoms with Gasteiger partial charge in [-0.25, -0.2) is 12.8 Å². The Hall–Kier alpha value is -1.10. The molecule has 0 aromatic heterocycles. The van der Waals surface area contributed by atoms with Crippen molar-refractivity contribution in [3.05, 3.63) is 24.0 Å². The molecule has 0 bridgehead atoms. The molecule has 0 spiro atoms. The first-order chi connectivity index (χ1) is 7.39. The van der Waals surface area contributed by atoms with Crippen molar-refractivity contribution in [1.29, 1.82) is 0 Å². The lowest BCUT2D eigenvalue weighted by Gasteiger charge is -2.13. The number of hydrogen-bond donors (Lipinski definition) is 1. The monoisotopic (exact) mass is 245 g/mol. The Kier molecular flexibility index (Phi) is 3.91. The van der Waals surface area contributed by atoms with Gasteiger partial charge in [0.25, 0.3) is 0 Å². The molecule has 0 saturated heterocycles. The molecule has 1 atom stereocenters. The highest BCUT2D eigenvalue weighted by Crippen LogP contribution is 2.25. The number of benzene rings is 1. The number of nitrogen functional groups attached to an aromatic ring is 1. The number of hydrogen-bond acceptors (Lipinski definition) is 3. The summed E-state index contributed by atoms with van der Waals surface area (Å²) < 4.78 is 37.1. The third kappa shape index (κ3) is 2.52. The highest BCUT2D eigenvalue weighted by atomic mass is 32.2. The summed E-state index contributed by atoms with van der Waals surface area (Å²) in [6, 6.07) is 3.41. The first-order valence-electron chi connectivity index (χ1n) is 5.18. The fraction of sp³-hybridized carbons (Fsp3) is 0.455. The molecule has 0 amide bonds. The molecule has 0 aliphatic rings. The highest BCUT2D eigenvalue weighted by Gasteiger charge is 2.25. The zero-order valence-corrected chi connectivity index (χ0v) is 10.2. The van der Waals surface area contributed by atoms with Crippen LogP contribution in [0.15, 0.2) is 23.1 Å². The summed E-state index contributed by atoms with van der Waals surface area (Å²) in [7, 11) is -3.52. The average molecular weight is 245 g/mol. The van der Waals surface area contributed by atoms with Gasteiger partial charge in [-0.15, -0.1) is 0 Å². The van der Waals surface area contributed by atoms with Gasteiger partial charge < -0.3 is 5.73 Å². The quantitative estimate of drug-likeness (QED) is 0.828. The Labute approximate surface area is 95.4 Å². The maximum atomic E-state index is 13.0. The van der Waals surface area contributed by atoms with E-state index >= 15 is 0 Å². The Morgan fingerprint density at radius 2 is 2.06 bits per heavy atom. The van der Waals surface area contributed by atoms with Crippen molar-refractivity contribution < 1.29 is 12.8 Å². The van der Waals surface area contributed by atoms with E-state index in [0.717, 1.165) is 18.6 Å². The molecule has 0 fully saturated rings. The van der Waals surface area contributed by atoms with Crippen molar-refractivity contribution >= 4 is 15.5 Å². The zero-order valence-electron chi connectivity index (χ0n) is 9.40. The first-order valence-corrected chi connectivity index (χ1v) is 6.73. The molecule has 0 aliphatic heterocycles. The van der Waals surface area contributed by atoms with Crippen molar-refractivity contribution in [3.8, 4) is 0 Å². The van der Waals surface area contributed by atoms with Crippen LogP contribution in [0.3, 0.4) is 0 Å². The van der Waals surface area contributed by atoms with Gasteiger partial charge >= 0.3 is 0 Å². The van der Waals surface area contributed by atoms with Crippen molar-refractivity contribution in [2.45, 2.75) is 36.8 Å². The van der Waals surface area contributed by atoms with E-state index in [1.54, 1.807) is 6.92 Å². The molecule has 1 aromatic carbocycles. The number of nitrogens with two attached hydrogens (primary N) is 1. The third-order valence-electron chi connectivity index (χ3n) is 2.51. The molecule has 1 unspecified atom stereocenters. The number of rotatable bonds is 4. The molecule has 1 rings (SSSR count). The van der Waals surface area contributed by atoms with Gasteiger partial charge in [-0.2, -0.15) is 0 Å². The van der Waals surface area contributed by atoms with Crippen LogP contribution in [-0.4, -0.2) is 13.7 Å². The lowest BCUT2D eigenvalue weighted by Crippen LogP contribution is -2.19. The maximum absolute atomic E-state index is 13.0. The van der Waals surface area contributed by atoms with Gasteiger partial charge in [-0.05, 0) is 31.5 Å². The van der Waals surface area contributed by atoms with E-state index in [-0.39, 0.29) is 10.6 Å². The van der Waals surface area contributed by atoms with Gasteiger partial charge in [0.05, 0.1) is 15.8 Å². The van der Waals surface area contributed by atoms with E-state index in [0.29, 0.717) is 6.42 Å². The molecular formula is C11H16FNO2S. The first kappa shape index (κ1) is 13.0. The van der Waals surface area contributed by atoms with Gasteiger partial charge in [-0.1, -0.05) is 13.3 Å². The van der Waals surface area contributed by atoms with Crippen molar-refractivity contribution in [1.82, 2.24) is 0 Å². The summed E-state index contributed by atoms with van der Waals surface area (Å²) in [5.41, 5.74) is 5.66. The van der Waals surface area contributed by atoms with Crippen LogP contribution in [0.4, 0.5) is 10.1 Å². The second kappa shape index (κ2) is 4.82. The van der Waals surface area contributed by atoms with Crippen molar-refractivity contribution in [2.24, 2.45) is 0 Å². The molecular weight excluding hydrogens is 229 g/mol. The van der Waals surface area contributed by atoms with E-state index in [1.165, 1.54) is 6.07 Å². The minimum atomic E-state index is -3.52. The van der Waals surface area contributed by atoms with Gasteiger partial charge in [0, 0.05) is 0 Å². The smallest absolute Gasteiger partial charge is 0.183 e. The van der Waals surface area contributed by atoms with Crippen LogP contribution in [0.5, 0.6) is 0 Å². The molecule has 0 saturated carbocycles. The van der Waals surface area contributed by atoms with E-state index in [1.807, 2.05) is 6.92 Å². The molecule has 3 nitrogen and oxygen atoms in total. The van der Waals surface area contributed by atoms with Crippen molar-refractivity contribution in [3.63, 3.8) is 0 Å². The van der Waals surface area contributed by atoms with E-state index in [9.17, 15) is 12.8 Å². The summed E-state index contributed by atoms with van der Waals surface area (Å²) in [6.07, 6.45) is 1.30. The predicted molar refractivity (Wildman–Crippen MR) is 62.4 cm³/mol. The lowest BCUT2D eigenvalue weighted by molar-refractivity contribution is 0.573. The number of anilines is 1.